The summed E-state index contributed by atoms with van der Waals surface area (Å²) in [6.07, 6.45) is 0. The lowest BCUT2D eigenvalue weighted by Gasteiger charge is -2.08. The van der Waals surface area contributed by atoms with Crippen LogP contribution in [-0.2, 0) is 20.6 Å². The molecule has 5 nitrogen and oxygen atoms in total. The fourth-order valence-corrected chi connectivity index (χ4v) is 2.88. The standard InChI is InChI=1S/C15H14F2N2O3S/c16-13-7-6-12(8-14(13)17)19-15(20)9-18-23(21,22)10-11-4-2-1-3-5-11/h1-8,18H,9-10H2,(H,19,20). The van der Waals surface area contributed by atoms with Crippen molar-refractivity contribution in [2.24, 2.45) is 0 Å². The summed E-state index contributed by atoms with van der Waals surface area (Å²) in [5.41, 5.74) is 0.622. The first-order valence-corrected chi connectivity index (χ1v) is 8.27. The first-order chi connectivity index (χ1) is 10.9. The maximum atomic E-state index is 13.0. The molecule has 0 spiro atoms. The Morgan fingerprint density at radius 2 is 1.70 bits per heavy atom. The Morgan fingerprint density at radius 3 is 2.35 bits per heavy atom. The van der Waals surface area contributed by atoms with Crippen molar-refractivity contribution < 1.29 is 22.0 Å². The summed E-state index contributed by atoms with van der Waals surface area (Å²) in [5, 5.41) is 2.27. The van der Waals surface area contributed by atoms with E-state index in [1.165, 1.54) is 6.07 Å². The minimum atomic E-state index is -3.68. The van der Waals surface area contributed by atoms with E-state index in [9.17, 15) is 22.0 Å². The van der Waals surface area contributed by atoms with Gasteiger partial charge in [0, 0.05) is 11.8 Å². The van der Waals surface area contributed by atoms with E-state index in [0.29, 0.717) is 5.56 Å². The van der Waals surface area contributed by atoms with Crippen molar-refractivity contribution in [2.75, 3.05) is 11.9 Å². The summed E-state index contributed by atoms with van der Waals surface area (Å²) in [5.74, 6) is -3.08. The Morgan fingerprint density at radius 1 is 1.00 bits per heavy atom. The number of halogens is 2. The van der Waals surface area contributed by atoms with Crippen molar-refractivity contribution in [3.63, 3.8) is 0 Å². The van der Waals surface area contributed by atoms with Gasteiger partial charge in [0.15, 0.2) is 11.6 Å². The molecule has 2 aromatic rings. The van der Waals surface area contributed by atoms with Crippen molar-refractivity contribution in [3.8, 4) is 0 Å². The Bertz CT molecular complexity index is 796. The number of benzene rings is 2. The zero-order valence-electron chi connectivity index (χ0n) is 11.9. The van der Waals surface area contributed by atoms with Crippen LogP contribution in [0.4, 0.5) is 14.5 Å². The highest BCUT2D eigenvalue weighted by Crippen LogP contribution is 2.12. The average Bonchev–Trinajstić information content (AvgIpc) is 2.50. The predicted octanol–water partition coefficient (Wildman–Crippen LogP) is 2.02. The molecule has 1 amide bonds. The van der Waals surface area contributed by atoms with Crippen molar-refractivity contribution in [2.45, 2.75) is 5.75 Å². The van der Waals surface area contributed by atoms with E-state index >= 15 is 0 Å². The van der Waals surface area contributed by atoms with Gasteiger partial charge in [-0.25, -0.2) is 21.9 Å². The lowest BCUT2D eigenvalue weighted by molar-refractivity contribution is -0.115. The molecule has 2 aromatic carbocycles. The number of hydrogen-bond donors (Lipinski definition) is 2. The normalized spacial score (nSPS) is 11.2. The van der Waals surface area contributed by atoms with Crippen molar-refractivity contribution in [1.82, 2.24) is 4.72 Å². The highest BCUT2D eigenvalue weighted by Gasteiger charge is 2.14. The second-order valence-electron chi connectivity index (χ2n) is 4.74. The van der Waals surface area contributed by atoms with Gasteiger partial charge in [-0.3, -0.25) is 4.79 Å². The number of carbonyl (C=O) groups is 1. The van der Waals surface area contributed by atoms with Gasteiger partial charge in [0.1, 0.15) is 0 Å². The van der Waals surface area contributed by atoms with E-state index in [1.807, 2.05) is 0 Å². The molecule has 2 rings (SSSR count). The molecule has 0 aliphatic rings. The molecule has 0 heterocycles. The minimum Gasteiger partial charge on any atom is -0.325 e. The van der Waals surface area contributed by atoms with Crippen LogP contribution < -0.4 is 10.0 Å². The van der Waals surface area contributed by atoms with Crippen molar-refractivity contribution >= 4 is 21.6 Å². The third kappa shape index (κ3) is 5.42. The summed E-state index contributed by atoms with van der Waals surface area (Å²) in [7, 11) is -3.68. The average molecular weight is 340 g/mol. The molecule has 0 saturated carbocycles. The van der Waals surface area contributed by atoms with Gasteiger partial charge in [-0.05, 0) is 17.7 Å². The van der Waals surface area contributed by atoms with Gasteiger partial charge in [0.2, 0.25) is 15.9 Å². The molecule has 122 valence electrons. The first-order valence-electron chi connectivity index (χ1n) is 6.62. The van der Waals surface area contributed by atoms with Crippen LogP contribution in [0.15, 0.2) is 48.5 Å². The smallest absolute Gasteiger partial charge is 0.239 e. The molecule has 0 unspecified atom stereocenters. The van der Waals surface area contributed by atoms with Crippen molar-refractivity contribution in [3.05, 3.63) is 65.7 Å². The molecule has 0 bridgehead atoms. The molecular weight excluding hydrogens is 326 g/mol. The minimum absolute atomic E-state index is 0.0381. The van der Waals surface area contributed by atoms with Crippen LogP contribution in [0.3, 0.4) is 0 Å². The molecule has 0 saturated heterocycles. The number of anilines is 1. The van der Waals surface area contributed by atoms with E-state index in [-0.39, 0.29) is 11.4 Å². The SMILES string of the molecule is O=C(CNS(=O)(=O)Cc1ccccc1)Nc1ccc(F)c(F)c1. The molecular formula is C15H14F2N2O3S. The summed E-state index contributed by atoms with van der Waals surface area (Å²) >= 11 is 0. The number of sulfonamides is 1. The molecule has 0 aromatic heterocycles. The monoisotopic (exact) mass is 340 g/mol. The summed E-state index contributed by atoms with van der Waals surface area (Å²) in [6, 6.07) is 11.3. The molecule has 0 radical (unpaired) electrons. The zero-order chi connectivity index (χ0) is 16.9. The number of rotatable bonds is 6. The van der Waals surface area contributed by atoms with Crippen LogP contribution in [-0.4, -0.2) is 20.9 Å². The van der Waals surface area contributed by atoms with Gasteiger partial charge in [-0.15, -0.1) is 0 Å². The molecule has 0 atom stereocenters. The van der Waals surface area contributed by atoms with Gasteiger partial charge in [-0.2, -0.15) is 0 Å². The maximum absolute atomic E-state index is 13.0. The van der Waals surface area contributed by atoms with Crippen molar-refractivity contribution in [1.29, 1.82) is 0 Å². The quantitative estimate of drug-likeness (QED) is 0.845. The number of carbonyl (C=O) groups excluding carboxylic acids is 1. The number of nitrogens with one attached hydrogen (secondary N) is 2. The Labute approximate surface area is 132 Å². The molecule has 8 heteroatoms. The third-order valence-electron chi connectivity index (χ3n) is 2.86. The fraction of sp³-hybridized carbons (Fsp3) is 0.133. The largest absolute Gasteiger partial charge is 0.325 e. The Hall–Kier alpha value is -2.32. The van der Waals surface area contributed by atoms with Crippen LogP contribution >= 0.6 is 0 Å². The van der Waals surface area contributed by atoms with E-state index in [0.717, 1.165) is 12.1 Å². The van der Waals surface area contributed by atoms with Crippen LogP contribution in [0.2, 0.25) is 0 Å². The zero-order valence-corrected chi connectivity index (χ0v) is 12.7. The van der Waals surface area contributed by atoms with Gasteiger partial charge >= 0.3 is 0 Å². The topological polar surface area (TPSA) is 75.3 Å². The predicted molar refractivity (Wildman–Crippen MR) is 82.1 cm³/mol. The van der Waals surface area contributed by atoms with E-state index < -0.39 is 34.1 Å². The lowest BCUT2D eigenvalue weighted by atomic mass is 10.2. The summed E-state index contributed by atoms with van der Waals surface area (Å²) in [4.78, 5) is 11.7. The Kier molecular flexibility index (Phi) is 5.41. The number of hydrogen-bond acceptors (Lipinski definition) is 3. The second kappa shape index (κ2) is 7.30. The third-order valence-corrected chi connectivity index (χ3v) is 4.15. The van der Waals surface area contributed by atoms with Crippen LogP contribution in [0.1, 0.15) is 5.56 Å². The van der Waals surface area contributed by atoms with Gasteiger partial charge in [0.25, 0.3) is 0 Å². The maximum Gasteiger partial charge on any atom is 0.239 e. The van der Waals surface area contributed by atoms with E-state index in [1.54, 1.807) is 30.3 Å². The summed E-state index contributed by atoms with van der Waals surface area (Å²) < 4.78 is 51.6. The van der Waals surface area contributed by atoms with Gasteiger partial charge in [-0.1, -0.05) is 30.3 Å². The highest BCUT2D eigenvalue weighted by atomic mass is 32.2. The van der Waals surface area contributed by atoms with Crippen LogP contribution in [0.5, 0.6) is 0 Å². The Balaban J connectivity index is 1.89. The molecule has 0 aliphatic carbocycles. The van der Waals surface area contributed by atoms with E-state index in [4.69, 9.17) is 0 Å². The molecule has 0 fully saturated rings. The second-order valence-corrected chi connectivity index (χ2v) is 6.55. The molecule has 2 N–H and O–H groups in total. The van der Waals surface area contributed by atoms with E-state index in [2.05, 4.69) is 10.0 Å². The summed E-state index contributed by atoms with van der Waals surface area (Å²) in [6.45, 7) is -0.506. The van der Waals surface area contributed by atoms with Crippen LogP contribution in [0.25, 0.3) is 0 Å². The lowest BCUT2D eigenvalue weighted by Crippen LogP contribution is -2.33. The first kappa shape index (κ1) is 17.0. The number of amides is 1. The highest BCUT2D eigenvalue weighted by molar-refractivity contribution is 7.88. The fourth-order valence-electron chi connectivity index (χ4n) is 1.80. The molecule has 23 heavy (non-hydrogen) atoms. The van der Waals surface area contributed by atoms with Crippen LogP contribution in [0, 0.1) is 11.6 Å². The van der Waals surface area contributed by atoms with Gasteiger partial charge < -0.3 is 5.32 Å². The van der Waals surface area contributed by atoms with Gasteiger partial charge in [0.05, 0.1) is 12.3 Å². The molecule has 0 aliphatic heterocycles.